The van der Waals surface area contributed by atoms with Crippen LogP contribution in [0.1, 0.15) is 36.0 Å². The first-order valence-electron chi connectivity index (χ1n) is 7.06. The molecule has 1 fully saturated rings. The number of aromatic nitrogens is 4. The second-order valence-corrected chi connectivity index (χ2v) is 5.23. The molecule has 2 N–H and O–H groups in total. The lowest BCUT2D eigenvalue weighted by molar-refractivity contribution is 0.0717. The monoisotopic (exact) mass is 287 g/mol. The lowest BCUT2D eigenvalue weighted by atomic mass is 9.92. The van der Waals surface area contributed by atoms with E-state index in [1.807, 2.05) is 0 Å². The predicted octanol–water partition coefficient (Wildman–Crippen LogP) is 0.696. The molecule has 0 radical (unpaired) electrons. The highest BCUT2D eigenvalue weighted by molar-refractivity contribution is 5.94. The van der Waals surface area contributed by atoms with Gasteiger partial charge in [0.25, 0.3) is 5.91 Å². The zero-order valence-electron chi connectivity index (χ0n) is 11.5. The van der Waals surface area contributed by atoms with E-state index in [9.17, 15) is 9.90 Å². The number of nitrogens with zero attached hydrogens (tertiary/aromatic N) is 4. The number of amides is 1. The highest BCUT2D eigenvalue weighted by Gasteiger charge is 2.24. The van der Waals surface area contributed by atoms with Crippen LogP contribution in [0.4, 0.5) is 0 Å². The van der Waals surface area contributed by atoms with Gasteiger partial charge in [-0.1, -0.05) is 12.8 Å². The van der Waals surface area contributed by atoms with E-state index in [1.54, 1.807) is 24.3 Å². The predicted molar refractivity (Wildman–Crippen MR) is 74.9 cm³/mol. The third-order valence-corrected chi connectivity index (χ3v) is 3.79. The van der Waals surface area contributed by atoms with E-state index in [0.29, 0.717) is 5.56 Å². The summed E-state index contributed by atoms with van der Waals surface area (Å²) in [4.78, 5) is 12.2. The van der Waals surface area contributed by atoms with Crippen LogP contribution in [0.25, 0.3) is 5.69 Å². The molecular formula is C14H17N5O2. The van der Waals surface area contributed by atoms with Gasteiger partial charge in [0.05, 0.1) is 17.8 Å². The molecule has 2 atom stereocenters. The van der Waals surface area contributed by atoms with E-state index in [0.717, 1.165) is 31.4 Å². The summed E-state index contributed by atoms with van der Waals surface area (Å²) in [6.45, 7) is 0. The fourth-order valence-corrected chi connectivity index (χ4v) is 2.58. The maximum absolute atomic E-state index is 12.2. The van der Waals surface area contributed by atoms with Gasteiger partial charge in [-0.2, -0.15) is 0 Å². The Morgan fingerprint density at radius 3 is 2.67 bits per heavy atom. The quantitative estimate of drug-likeness (QED) is 0.866. The topological polar surface area (TPSA) is 92.9 Å². The number of carbonyl (C=O) groups excluding carboxylic acids is 1. The smallest absolute Gasteiger partial charge is 0.251 e. The van der Waals surface area contributed by atoms with Crippen LogP contribution in [0.3, 0.4) is 0 Å². The Hall–Kier alpha value is -2.28. The average Bonchev–Trinajstić information content (AvgIpc) is 3.04. The number of carbonyl (C=O) groups is 1. The summed E-state index contributed by atoms with van der Waals surface area (Å²) >= 11 is 0. The summed E-state index contributed by atoms with van der Waals surface area (Å²) in [6.07, 6.45) is 4.70. The summed E-state index contributed by atoms with van der Waals surface area (Å²) in [5.74, 6) is -0.163. The first-order valence-corrected chi connectivity index (χ1v) is 7.06. The van der Waals surface area contributed by atoms with Gasteiger partial charge in [-0.15, -0.1) is 5.10 Å². The maximum atomic E-state index is 12.2. The lowest BCUT2D eigenvalue weighted by Crippen LogP contribution is -2.45. The van der Waals surface area contributed by atoms with Gasteiger partial charge in [0.2, 0.25) is 0 Å². The molecule has 2 aromatic rings. The van der Waals surface area contributed by atoms with Crippen molar-refractivity contribution < 1.29 is 9.90 Å². The third kappa shape index (κ3) is 3.08. The van der Waals surface area contributed by atoms with Crippen LogP contribution in [0.5, 0.6) is 0 Å². The van der Waals surface area contributed by atoms with E-state index in [4.69, 9.17) is 0 Å². The van der Waals surface area contributed by atoms with Crippen LogP contribution in [0, 0.1) is 0 Å². The third-order valence-electron chi connectivity index (χ3n) is 3.79. The van der Waals surface area contributed by atoms with E-state index in [2.05, 4.69) is 20.8 Å². The number of aliphatic hydroxyl groups is 1. The number of hydrogen-bond donors (Lipinski definition) is 2. The summed E-state index contributed by atoms with van der Waals surface area (Å²) in [7, 11) is 0. The van der Waals surface area contributed by atoms with E-state index in [1.165, 1.54) is 11.0 Å². The van der Waals surface area contributed by atoms with E-state index >= 15 is 0 Å². The van der Waals surface area contributed by atoms with Gasteiger partial charge in [-0.05, 0) is 47.5 Å². The van der Waals surface area contributed by atoms with Crippen molar-refractivity contribution in [2.45, 2.75) is 37.8 Å². The summed E-state index contributed by atoms with van der Waals surface area (Å²) < 4.78 is 1.52. The van der Waals surface area contributed by atoms with Crippen LogP contribution in [-0.2, 0) is 0 Å². The molecule has 0 spiro atoms. The minimum absolute atomic E-state index is 0.148. The molecule has 3 rings (SSSR count). The number of tetrazole rings is 1. The first-order chi connectivity index (χ1) is 10.2. The molecule has 7 nitrogen and oxygen atoms in total. The van der Waals surface area contributed by atoms with Gasteiger partial charge in [-0.3, -0.25) is 4.79 Å². The molecule has 21 heavy (non-hydrogen) atoms. The van der Waals surface area contributed by atoms with E-state index in [-0.39, 0.29) is 11.9 Å². The zero-order chi connectivity index (χ0) is 14.7. The summed E-state index contributed by atoms with van der Waals surface area (Å²) in [5, 5.41) is 23.7. The van der Waals surface area contributed by atoms with Gasteiger partial charge in [0.1, 0.15) is 6.33 Å². The van der Waals surface area contributed by atoms with E-state index < -0.39 is 6.10 Å². The van der Waals surface area contributed by atoms with Crippen LogP contribution in [0.2, 0.25) is 0 Å². The molecule has 7 heteroatoms. The molecule has 0 saturated heterocycles. The molecule has 1 aliphatic rings. The maximum Gasteiger partial charge on any atom is 0.251 e. The number of nitrogens with one attached hydrogen (secondary N) is 1. The highest BCUT2D eigenvalue weighted by atomic mass is 16.3. The molecule has 1 heterocycles. The standard InChI is InChI=1S/C14H17N5O2/c20-13-4-2-1-3-12(13)16-14(21)10-5-7-11(8-6-10)19-9-15-17-18-19/h5-9,12-13,20H,1-4H2,(H,16,21)/t12-,13-/m1/s1. The summed E-state index contributed by atoms with van der Waals surface area (Å²) in [6, 6.07) is 6.86. The van der Waals surface area contributed by atoms with Gasteiger partial charge in [0, 0.05) is 5.56 Å². The molecule has 110 valence electrons. The Balaban J connectivity index is 1.67. The fourth-order valence-electron chi connectivity index (χ4n) is 2.58. The van der Waals surface area contributed by atoms with Gasteiger partial charge < -0.3 is 10.4 Å². The van der Waals surface area contributed by atoms with Gasteiger partial charge >= 0.3 is 0 Å². The van der Waals surface area contributed by atoms with Crippen LogP contribution >= 0.6 is 0 Å². The molecule has 1 aromatic heterocycles. The normalized spacial score (nSPS) is 22.0. The molecule has 1 aliphatic carbocycles. The zero-order valence-corrected chi connectivity index (χ0v) is 11.5. The minimum atomic E-state index is -0.441. The molecule has 1 aromatic carbocycles. The molecule has 1 amide bonds. The second-order valence-electron chi connectivity index (χ2n) is 5.23. The average molecular weight is 287 g/mol. The number of rotatable bonds is 3. The number of benzene rings is 1. The van der Waals surface area contributed by atoms with Crippen molar-refractivity contribution in [3.8, 4) is 5.69 Å². The van der Waals surface area contributed by atoms with Crippen molar-refractivity contribution in [2.24, 2.45) is 0 Å². The van der Waals surface area contributed by atoms with Crippen molar-refractivity contribution in [1.82, 2.24) is 25.5 Å². The second kappa shape index (κ2) is 6.01. The molecule has 0 bridgehead atoms. The highest BCUT2D eigenvalue weighted by Crippen LogP contribution is 2.19. The largest absolute Gasteiger partial charge is 0.391 e. The number of aliphatic hydroxyl groups excluding tert-OH is 1. The van der Waals surface area contributed by atoms with Crippen molar-refractivity contribution in [3.63, 3.8) is 0 Å². The Morgan fingerprint density at radius 1 is 1.24 bits per heavy atom. The lowest BCUT2D eigenvalue weighted by Gasteiger charge is -2.28. The fraction of sp³-hybridized carbons (Fsp3) is 0.429. The molecule has 0 unspecified atom stereocenters. The van der Waals surface area contributed by atoms with Gasteiger partial charge in [0.15, 0.2) is 0 Å². The molecule has 1 saturated carbocycles. The molecule has 0 aliphatic heterocycles. The Morgan fingerprint density at radius 2 is 2.00 bits per heavy atom. The Kier molecular flexibility index (Phi) is 3.92. The van der Waals surface area contributed by atoms with Gasteiger partial charge in [-0.25, -0.2) is 4.68 Å². The molecular weight excluding hydrogens is 270 g/mol. The Bertz CT molecular complexity index is 596. The van der Waals surface area contributed by atoms with Crippen molar-refractivity contribution in [2.75, 3.05) is 0 Å². The van der Waals surface area contributed by atoms with Crippen molar-refractivity contribution in [1.29, 1.82) is 0 Å². The first kappa shape index (κ1) is 13.7. The van der Waals surface area contributed by atoms with Crippen molar-refractivity contribution in [3.05, 3.63) is 36.2 Å². The minimum Gasteiger partial charge on any atom is -0.391 e. The number of hydrogen-bond acceptors (Lipinski definition) is 5. The Labute approximate surface area is 122 Å². The van der Waals surface area contributed by atoms with Crippen LogP contribution < -0.4 is 5.32 Å². The SMILES string of the molecule is O=C(N[C@@H]1CCCC[C@H]1O)c1ccc(-n2cnnn2)cc1. The van der Waals surface area contributed by atoms with Crippen molar-refractivity contribution >= 4 is 5.91 Å². The summed E-state index contributed by atoms with van der Waals surface area (Å²) in [5.41, 5.74) is 1.35. The van der Waals surface area contributed by atoms with Crippen LogP contribution in [0.15, 0.2) is 30.6 Å². The van der Waals surface area contributed by atoms with Crippen LogP contribution in [-0.4, -0.2) is 43.4 Å².